The van der Waals surface area contributed by atoms with Gasteiger partial charge in [0.1, 0.15) is 0 Å². The fraction of sp³-hybridized carbons (Fsp3) is 0.667. The van der Waals surface area contributed by atoms with Crippen LogP contribution in [0.3, 0.4) is 0 Å². The first kappa shape index (κ1) is 17.5. The van der Waals surface area contributed by atoms with Crippen LogP contribution in [-0.4, -0.2) is 47.0 Å². The van der Waals surface area contributed by atoms with Gasteiger partial charge in [-0.05, 0) is 13.8 Å². The van der Waals surface area contributed by atoms with Gasteiger partial charge in [-0.25, -0.2) is 9.97 Å². The van der Waals surface area contributed by atoms with Crippen LogP contribution in [0.5, 0.6) is 0 Å². The van der Waals surface area contributed by atoms with Gasteiger partial charge in [0.05, 0.1) is 22.4 Å². The molecule has 136 valence electrons. The summed E-state index contributed by atoms with van der Waals surface area (Å²) < 4.78 is 7.32. The molecule has 2 aromatic rings. The molecule has 7 heteroatoms. The van der Waals surface area contributed by atoms with Crippen molar-refractivity contribution in [3.8, 4) is 0 Å². The van der Waals surface area contributed by atoms with E-state index in [1.165, 1.54) is 15.1 Å². The molecule has 2 aromatic heterocycles. The fourth-order valence-corrected chi connectivity index (χ4v) is 5.57. The zero-order valence-corrected chi connectivity index (χ0v) is 17.0. The van der Waals surface area contributed by atoms with E-state index in [1.807, 2.05) is 11.3 Å². The highest BCUT2D eigenvalue weighted by Crippen LogP contribution is 2.42. The van der Waals surface area contributed by atoms with Gasteiger partial charge < -0.3 is 15.0 Å². The topological polar surface area (TPSA) is 50.3 Å². The lowest BCUT2D eigenvalue weighted by Crippen LogP contribution is -2.44. The van der Waals surface area contributed by atoms with Crippen molar-refractivity contribution < 1.29 is 4.74 Å². The number of hydrogen-bond donors (Lipinski definition) is 1. The van der Waals surface area contributed by atoms with Gasteiger partial charge in [-0.15, -0.1) is 11.3 Å². The maximum absolute atomic E-state index is 6.08. The van der Waals surface area contributed by atoms with Crippen molar-refractivity contribution in [1.82, 2.24) is 15.3 Å². The molecular formula is C18H26N4OS2. The summed E-state index contributed by atoms with van der Waals surface area (Å²) in [5, 5.41) is 4.79. The molecule has 1 saturated heterocycles. The Morgan fingerprint density at radius 3 is 2.72 bits per heavy atom. The van der Waals surface area contributed by atoms with Crippen molar-refractivity contribution in [3.63, 3.8) is 0 Å². The number of fused-ring (bicyclic) bond motifs is 3. The highest BCUT2D eigenvalue weighted by Gasteiger charge is 2.31. The molecule has 4 rings (SSSR count). The number of rotatable bonds is 3. The zero-order valence-electron chi connectivity index (χ0n) is 15.4. The second-order valence-corrected chi connectivity index (χ2v) is 10.3. The molecule has 0 spiro atoms. The normalized spacial score (nSPS) is 20.3. The number of piperazine rings is 1. The Bertz CT molecular complexity index is 781. The number of ether oxygens (including phenoxy) is 1. The first-order chi connectivity index (χ1) is 11.9. The predicted octanol–water partition coefficient (Wildman–Crippen LogP) is 3.45. The van der Waals surface area contributed by atoms with E-state index in [9.17, 15) is 0 Å². The van der Waals surface area contributed by atoms with Crippen LogP contribution in [0, 0.1) is 0 Å². The molecule has 0 radical (unpaired) electrons. The van der Waals surface area contributed by atoms with Crippen LogP contribution >= 0.6 is 23.1 Å². The highest BCUT2D eigenvalue weighted by atomic mass is 32.2. The maximum Gasteiger partial charge on any atom is 0.190 e. The second kappa shape index (κ2) is 6.68. The number of thioether (sulfide) groups is 1. The third kappa shape index (κ3) is 3.52. The van der Waals surface area contributed by atoms with Crippen molar-refractivity contribution in [1.29, 1.82) is 0 Å². The van der Waals surface area contributed by atoms with Crippen molar-refractivity contribution in [2.75, 3.05) is 31.1 Å². The van der Waals surface area contributed by atoms with E-state index >= 15 is 0 Å². The van der Waals surface area contributed by atoms with Crippen LogP contribution in [0.25, 0.3) is 10.2 Å². The Labute approximate surface area is 157 Å². The minimum absolute atomic E-state index is 0.0912. The van der Waals surface area contributed by atoms with E-state index in [-0.39, 0.29) is 5.60 Å². The van der Waals surface area contributed by atoms with Crippen LogP contribution in [0.4, 0.5) is 5.82 Å². The Morgan fingerprint density at radius 1 is 1.24 bits per heavy atom. The average molecular weight is 379 g/mol. The zero-order chi connectivity index (χ0) is 17.6. The first-order valence-electron chi connectivity index (χ1n) is 9.01. The molecule has 25 heavy (non-hydrogen) atoms. The lowest BCUT2D eigenvalue weighted by Gasteiger charge is -2.29. The van der Waals surface area contributed by atoms with Gasteiger partial charge in [0.25, 0.3) is 0 Å². The monoisotopic (exact) mass is 378 g/mol. The van der Waals surface area contributed by atoms with E-state index in [4.69, 9.17) is 14.7 Å². The van der Waals surface area contributed by atoms with E-state index < -0.39 is 0 Å². The summed E-state index contributed by atoms with van der Waals surface area (Å²) in [6, 6.07) is 0. The summed E-state index contributed by atoms with van der Waals surface area (Å²) in [6.45, 7) is 13.4. The van der Waals surface area contributed by atoms with Gasteiger partial charge in [0.15, 0.2) is 11.0 Å². The van der Waals surface area contributed by atoms with Crippen LogP contribution < -0.4 is 10.2 Å². The third-order valence-electron chi connectivity index (χ3n) is 4.63. The largest absolute Gasteiger partial charge is 0.370 e. The molecule has 2 aliphatic rings. The first-order valence-corrected chi connectivity index (χ1v) is 10.7. The van der Waals surface area contributed by atoms with Crippen molar-refractivity contribution >= 4 is 39.1 Å². The summed E-state index contributed by atoms with van der Waals surface area (Å²) in [4.78, 5) is 13.7. The van der Waals surface area contributed by atoms with E-state index in [0.29, 0.717) is 11.9 Å². The molecule has 0 unspecified atom stereocenters. The van der Waals surface area contributed by atoms with Crippen LogP contribution in [-0.2, 0) is 17.8 Å². The Kier molecular flexibility index (Phi) is 4.68. The number of nitrogens with one attached hydrogen (secondary N) is 1. The van der Waals surface area contributed by atoms with E-state index in [0.717, 1.165) is 49.1 Å². The average Bonchev–Trinajstić information content (AvgIpc) is 2.90. The van der Waals surface area contributed by atoms with Gasteiger partial charge >= 0.3 is 0 Å². The third-order valence-corrected chi connectivity index (χ3v) is 6.71. The molecule has 5 nitrogen and oxygen atoms in total. The Morgan fingerprint density at radius 2 is 2.00 bits per heavy atom. The lowest BCUT2D eigenvalue weighted by molar-refractivity contribution is -0.0383. The highest BCUT2D eigenvalue weighted by molar-refractivity contribution is 7.99. The summed E-state index contributed by atoms with van der Waals surface area (Å²) >= 11 is 3.62. The predicted molar refractivity (Wildman–Crippen MR) is 106 cm³/mol. The molecule has 0 atom stereocenters. The van der Waals surface area contributed by atoms with Crippen molar-refractivity contribution in [2.24, 2.45) is 0 Å². The Hall–Kier alpha value is -0.890. The second-order valence-electron chi connectivity index (χ2n) is 7.64. The Balaban J connectivity index is 1.85. The number of hydrogen-bond acceptors (Lipinski definition) is 7. The molecule has 0 amide bonds. The molecule has 2 aliphatic heterocycles. The SMILES string of the molecule is CC(C)Sc1nc(N2CCNCC2)c2sc3c(c2n1)COC(C)(C)C3. The molecule has 0 bridgehead atoms. The summed E-state index contributed by atoms with van der Waals surface area (Å²) in [5.74, 6) is 1.12. The molecule has 0 aromatic carbocycles. The summed E-state index contributed by atoms with van der Waals surface area (Å²) in [5.41, 5.74) is 2.30. The van der Waals surface area contributed by atoms with Gasteiger partial charge in [0, 0.05) is 48.3 Å². The van der Waals surface area contributed by atoms with E-state index in [1.54, 1.807) is 11.8 Å². The number of nitrogens with zero attached hydrogens (tertiary/aromatic N) is 3. The maximum atomic E-state index is 6.08. The standard InChI is InChI=1S/C18H26N4OS2/c1-11(2)24-17-20-14-12-10-23-18(3,4)9-13(12)25-15(14)16(21-17)22-7-5-19-6-8-22/h11,19H,5-10H2,1-4H3. The summed E-state index contributed by atoms with van der Waals surface area (Å²) in [6.07, 6.45) is 0.955. The van der Waals surface area contributed by atoms with Crippen molar-refractivity contribution in [3.05, 3.63) is 10.4 Å². The fourth-order valence-electron chi connectivity index (χ4n) is 3.39. The van der Waals surface area contributed by atoms with Crippen molar-refractivity contribution in [2.45, 2.75) is 56.7 Å². The van der Waals surface area contributed by atoms with Gasteiger partial charge in [-0.2, -0.15) is 0 Å². The minimum Gasteiger partial charge on any atom is -0.370 e. The smallest absolute Gasteiger partial charge is 0.190 e. The van der Waals surface area contributed by atoms with E-state index in [2.05, 4.69) is 37.9 Å². The van der Waals surface area contributed by atoms with Gasteiger partial charge in [-0.3, -0.25) is 0 Å². The number of thiophene rings is 1. The van der Waals surface area contributed by atoms with Crippen LogP contribution in [0.2, 0.25) is 0 Å². The molecular weight excluding hydrogens is 352 g/mol. The molecule has 0 saturated carbocycles. The molecule has 0 aliphatic carbocycles. The van der Waals surface area contributed by atoms with Crippen LogP contribution in [0.15, 0.2) is 5.16 Å². The van der Waals surface area contributed by atoms with Gasteiger partial charge in [-0.1, -0.05) is 25.6 Å². The summed E-state index contributed by atoms with van der Waals surface area (Å²) in [7, 11) is 0. The quantitative estimate of drug-likeness (QED) is 0.652. The molecule has 1 fully saturated rings. The minimum atomic E-state index is -0.0912. The number of anilines is 1. The lowest BCUT2D eigenvalue weighted by atomic mass is 9.98. The van der Waals surface area contributed by atoms with Crippen LogP contribution in [0.1, 0.15) is 38.1 Å². The molecule has 4 heterocycles. The molecule has 1 N–H and O–H groups in total. The number of aromatic nitrogens is 2. The van der Waals surface area contributed by atoms with Gasteiger partial charge in [0.2, 0.25) is 0 Å².